The van der Waals surface area contributed by atoms with Gasteiger partial charge in [-0.2, -0.15) is 0 Å². The van der Waals surface area contributed by atoms with Crippen molar-refractivity contribution in [3.8, 4) is 0 Å². The third-order valence-corrected chi connectivity index (χ3v) is 0.793. The van der Waals surface area contributed by atoms with Crippen LogP contribution in [0.3, 0.4) is 0 Å². The Labute approximate surface area is 53.7 Å². The number of rotatable bonds is 4. The molecule has 56 valence electrons. The first-order valence-corrected chi connectivity index (χ1v) is 2.77. The Kier molecular flexibility index (Phi) is 4.61. The topological polar surface area (TPSA) is 69.9 Å². The molecular weight excluding hydrogens is 124 g/mol. The number of aliphatic hydroxyl groups is 3. The van der Waals surface area contributed by atoms with Gasteiger partial charge in [-0.1, -0.05) is 0 Å². The van der Waals surface area contributed by atoms with Gasteiger partial charge in [-0.3, -0.25) is 0 Å². The molecule has 0 saturated heterocycles. The zero-order valence-electron chi connectivity index (χ0n) is 5.32. The fourth-order valence-electron chi connectivity index (χ4n) is 0.313. The minimum Gasteiger partial charge on any atom is -0.394 e. The van der Waals surface area contributed by atoms with Gasteiger partial charge in [-0.25, -0.2) is 0 Å². The van der Waals surface area contributed by atoms with Crippen molar-refractivity contribution in [1.82, 2.24) is 0 Å². The van der Waals surface area contributed by atoms with E-state index in [1.165, 1.54) is 6.92 Å². The fraction of sp³-hybridized carbons (Fsp3) is 1.00. The minimum absolute atomic E-state index is 0.0477. The van der Waals surface area contributed by atoms with E-state index in [4.69, 9.17) is 15.3 Å². The average molecular weight is 136 g/mol. The van der Waals surface area contributed by atoms with E-state index in [1.807, 2.05) is 0 Å². The smallest absolute Gasteiger partial charge is 0.180 e. The van der Waals surface area contributed by atoms with Crippen LogP contribution in [-0.4, -0.2) is 40.9 Å². The Hall–Kier alpha value is -0.160. The van der Waals surface area contributed by atoms with Crippen LogP contribution in [0.1, 0.15) is 6.92 Å². The van der Waals surface area contributed by atoms with E-state index in [2.05, 4.69) is 4.74 Å². The lowest BCUT2D eigenvalue weighted by atomic mass is 10.4. The molecule has 0 heterocycles. The second kappa shape index (κ2) is 4.69. The quantitative estimate of drug-likeness (QED) is 0.420. The molecule has 9 heavy (non-hydrogen) atoms. The Morgan fingerprint density at radius 1 is 1.44 bits per heavy atom. The van der Waals surface area contributed by atoms with E-state index in [0.29, 0.717) is 0 Å². The summed E-state index contributed by atoms with van der Waals surface area (Å²) in [6.45, 7) is 1.30. The molecule has 0 amide bonds. The van der Waals surface area contributed by atoms with E-state index in [-0.39, 0.29) is 13.2 Å². The van der Waals surface area contributed by atoms with Crippen LogP contribution < -0.4 is 0 Å². The first kappa shape index (κ1) is 8.84. The Bertz CT molecular complexity index is 64.0. The van der Waals surface area contributed by atoms with Crippen LogP contribution in [0.25, 0.3) is 0 Å². The van der Waals surface area contributed by atoms with Gasteiger partial charge in [0.1, 0.15) is 6.10 Å². The van der Waals surface area contributed by atoms with Gasteiger partial charge in [0.2, 0.25) is 0 Å². The molecule has 0 aliphatic rings. The predicted octanol–water partition coefficient (Wildman–Crippen LogP) is -1.31. The van der Waals surface area contributed by atoms with Gasteiger partial charge in [0.05, 0.1) is 13.2 Å². The lowest BCUT2D eigenvalue weighted by Crippen LogP contribution is -2.26. The Morgan fingerprint density at radius 2 is 2.00 bits per heavy atom. The number of aliphatic hydroxyl groups excluding tert-OH is 3. The molecule has 0 aromatic rings. The first-order chi connectivity index (χ1) is 4.18. The zero-order valence-corrected chi connectivity index (χ0v) is 5.32. The van der Waals surface area contributed by atoms with E-state index in [0.717, 1.165) is 0 Å². The summed E-state index contributed by atoms with van der Waals surface area (Å²) in [6.07, 6.45) is -2.09. The second-order valence-corrected chi connectivity index (χ2v) is 1.73. The molecule has 0 radical (unpaired) electrons. The largest absolute Gasteiger partial charge is 0.394 e. The van der Waals surface area contributed by atoms with Crippen LogP contribution in [0.4, 0.5) is 0 Å². The maximum Gasteiger partial charge on any atom is 0.180 e. The van der Waals surface area contributed by atoms with E-state index >= 15 is 0 Å². The van der Waals surface area contributed by atoms with E-state index in [9.17, 15) is 0 Å². The van der Waals surface area contributed by atoms with Crippen LogP contribution in [0, 0.1) is 0 Å². The van der Waals surface area contributed by atoms with Crippen LogP contribution in [-0.2, 0) is 4.74 Å². The second-order valence-electron chi connectivity index (χ2n) is 1.73. The molecule has 4 heteroatoms. The molecule has 0 bridgehead atoms. The van der Waals surface area contributed by atoms with E-state index in [1.54, 1.807) is 0 Å². The highest BCUT2D eigenvalue weighted by molar-refractivity contribution is 4.47. The van der Waals surface area contributed by atoms with Crippen LogP contribution in [0.15, 0.2) is 0 Å². The van der Waals surface area contributed by atoms with Gasteiger partial charge < -0.3 is 20.1 Å². The van der Waals surface area contributed by atoms with Crippen molar-refractivity contribution in [2.24, 2.45) is 0 Å². The monoisotopic (exact) mass is 136 g/mol. The normalized spacial score (nSPS) is 17.3. The highest BCUT2D eigenvalue weighted by Gasteiger charge is 2.09. The predicted molar refractivity (Wildman–Crippen MR) is 30.7 cm³/mol. The van der Waals surface area contributed by atoms with Crippen molar-refractivity contribution >= 4 is 0 Å². The number of hydrogen-bond acceptors (Lipinski definition) is 4. The Balaban J connectivity index is 3.16. The van der Waals surface area contributed by atoms with Gasteiger partial charge in [0.15, 0.2) is 6.29 Å². The minimum atomic E-state index is -1.18. The van der Waals surface area contributed by atoms with Crippen LogP contribution in [0.5, 0.6) is 0 Å². The molecule has 0 spiro atoms. The molecule has 0 aliphatic heterocycles. The summed E-state index contributed by atoms with van der Waals surface area (Å²) < 4.78 is 4.51. The summed E-state index contributed by atoms with van der Waals surface area (Å²) in [5.41, 5.74) is 0. The van der Waals surface area contributed by atoms with Gasteiger partial charge in [-0.15, -0.1) is 0 Å². The van der Waals surface area contributed by atoms with Crippen molar-refractivity contribution in [3.63, 3.8) is 0 Å². The first-order valence-electron chi connectivity index (χ1n) is 2.77. The molecular formula is C5H12O4. The molecule has 2 atom stereocenters. The van der Waals surface area contributed by atoms with Gasteiger partial charge in [0.25, 0.3) is 0 Å². The SMILES string of the molecule is CC(O)C(O)OCCO. The molecule has 0 saturated carbocycles. The zero-order chi connectivity index (χ0) is 7.28. The molecule has 0 aliphatic carbocycles. The van der Waals surface area contributed by atoms with Crippen molar-refractivity contribution in [2.75, 3.05) is 13.2 Å². The van der Waals surface area contributed by atoms with Gasteiger partial charge in [0, 0.05) is 0 Å². The number of hydrogen-bond donors (Lipinski definition) is 3. The van der Waals surface area contributed by atoms with Crippen LogP contribution in [0.2, 0.25) is 0 Å². The summed E-state index contributed by atoms with van der Waals surface area (Å²) in [5, 5.41) is 25.4. The highest BCUT2D eigenvalue weighted by Crippen LogP contribution is 1.92. The van der Waals surface area contributed by atoms with Crippen molar-refractivity contribution in [2.45, 2.75) is 19.3 Å². The van der Waals surface area contributed by atoms with Crippen molar-refractivity contribution < 1.29 is 20.1 Å². The maximum atomic E-state index is 8.67. The van der Waals surface area contributed by atoms with Crippen molar-refractivity contribution in [3.05, 3.63) is 0 Å². The molecule has 4 nitrogen and oxygen atoms in total. The summed E-state index contributed by atoms with van der Waals surface area (Å²) in [5.74, 6) is 0. The maximum absolute atomic E-state index is 8.67. The molecule has 0 aromatic carbocycles. The summed E-state index contributed by atoms with van der Waals surface area (Å²) in [6, 6.07) is 0. The summed E-state index contributed by atoms with van der Waals surface area (Å²) in [7, 11) is 0. The molecule has 0 aromatic heterocycles. The highest BCUT2D eigenvalue weighted by atomic mass is 16.6. The van der Waals surface area contributed by atoms with E-state index < -0.39 is 12.4 Å². The summed E-state index contributed by atoms with van der Waals surface area (Å²) >= 11 is 0. The average Bonchev–Trinajstić information content (AvgIpc) is 1.82. The summed E-state index contributed by atoms with van der Waals surface area (Å²) in [4.78, 5) is 0. The molecule has 2 unspecified atom stereocenters. The molecule has 3 N–H and O–H groups in total. The van der Waals surface area contributed by atoms with Crippen LogP contribution >= 0.6 is 0 Å². The lowest BCUT2D eigenvalue weighted by molar-refractivity contribution is -0.160. The van der Waals surface area contributed by atoms with Gasteiger partial charge in [-0.05, 0) is 6.92 Å². The Morgan fingerprint density at radius 3 is 2.33 bits per heavy atom. The third kappa shape index (κ3) is 4.35. The third-order valence-electron chi connectivity index (χ3n) is 0.793. The fourth-order valence-corrected chi connectivity index (χ4v) is 0.313. The van der Waals surface area contributed by atoms with Gasteiger partial charge >= 0.3 is 0 Å². The van der Waals surface area contributed by atoms with Crippen molar-refractivity contribution in [1.29, 1.82) is 0 Å². The molecule has 0 rings (SSSR count). The molecule has 0 fully saturated rings. The standard InChI is InChI=1S/C5H12O4/c1-4(7)5(8)9-3-2-6/h4-8H,2-3H2,1H3. The lowest BCUT2D eigenvalue weighted by Gasteiger charge is -2.12. The number of ether oxygens (including phenoxy) is 1.